The minimum Gasteiger partial charge on any atom is -0.375 e. The lowest BCUT2D eigenvalue weighted by Crippen LogP contribution is -2.22. The Morgan fingerprint density at radius 2 is 2.33 bits per heavy atom. The van der Waals surface area contributed by atoms with Gasteiger partial charge in [-0.2, -0.15) is 5.10 Å². The highest BCUT2D eigenvalue weighted by Gasteiger charge is 2.02. The minimum absolute atomic E-state index is 0.118. The van der Waals surface area contributed by atoms with Gasteiger partial charge >= 0.3 is 0 Å². The average Bonchev–Trinajstić information content (AvgIpc) is 2.58. The number of hydrogen-bond acceptors (Lipinski definition) is 5. The number of rotatable bonds is 2. The summed E-state index contributed by atoms with van der Waals surface area (Å²) in [4.78, 5) is 16.3. The van der Waals surface area contributed by atoms with E-state index in [4.69, 9.17) is 5.73 Å². The van der Waals surface area contributed by atoms with E-state index in [1.165, 1.54) is 22.1 Å². The highest BCUT2D eigenvalue weighted by atomic mass is 32.1. The van der Waals surface area contributed by atoms with Crippen LogP contribution in [-0.4, -0.2) is 14.8 Å². The highest BCUT2D eigenvalue weighted by molar-refractivity contribution is 7.15. The molecule has 2 rings (SSSR count). The van der Waals surface area contributed by atoms with Crippen molar-refractivity contribution in [2.24, 2.45) is 0 Å². The summed E-state index contributed by atoms with van der Waals surface area (Å²) in [6, 6.07) is 3.20. The fraction of sp³-hybridized carbons (Fsp3) is 0.222. The zero-order valence-electron chi connectivity index (χ0n) is 8.17. The highest BCUT2D eigenvalue weighted by Crippen LogP contribution is 2.14. The summed E-state index contributed by atoms with van der Waals surface area (Å²) in [5, 5.41) is 4.62. The standard InChI is InChI=1S/C9H10N4OS/c1-6-2-3-8(14)13(12-6)5-7-4-11-9(10)15-7/h2-4H,5H2,1H3,(H2,10,11). The van der Waals surface area contributed by atoms with Crippen LogP contribution in [0.5, 0.6) is 0 Å². The van der Waals surface area contributed by atoms with Crippen LogP contribution in [0.4, 0.5) is 5.13 Å². The fourth-order valence-electron chi connectivity index (χ4n) is 1.21. The van der Waals surface area contributed by atoms with E-state index in [2.05, 4.69) is 10.1 Å². The predicted octanol–water partition coefficient (Wildman–Crippen LogP) is 0.639. The number of aromatic nitrogens is 3. The molecule has 78 valence electrons. The molecule has 15 heavy (non-hydrogen) atoms. The molecule has 0 saturated carbocycles. The van der Waals surface area contributed by atoms with Crippen LogP contribution in [0.15, 0.2) is 23.1 Å². The van der Waals surface area contributed by atoms with Crippen LogP contribution < -0.4 is 11.3 Å². The maximum absolute atomic E-state index is 11.4. The van der Waals surface area contributed by atoms with Gasteiger partial charge in [0.05, 0.1) is 12.2 Å². The summed E-state index contributed by atoms with van der Waals surface area (Å²) in [7, 11) is 0. The number of nitrogens with two attached hydrogens (primary N) is 1. The van der Waals surface area contributed by atoms with E-state index < -0.39 is 0 Å². The second-order valence-electron chi connectivity index (χ2n) is 3.14. The number of thiazole rings is 1. The fourth-order valence-corrected chi connectivity index (χ4v) is 1.87. The topological polar surface area (TPSA) is 73.8 Å². The lowest BCUT2D eigenvalue weighted by molar-refractivity contribution is 0.634. The van der Waals surface area contributed by atoms with Gasteiger partial charge in [-0.3, -0.25) is 4.79 Å². The van der Waals surface area contributed by atoms with E-state index >= 15 is 0 Å². The van der Waals surface area contributed by atoms with Crippen molar-refractivity contribution in [3.05, 3.63) is 39.3 Å². The van der Waals surface area contributed by atoms with Gasteiger partial charge in [0.25, 0.3) is 5.56 Å². The Kier molecular flexibility index (Phi) is 2.51. The van der Waals surface area contributed by atoms with Gasteiger partial charge in [-0.05, 0) is 13.0 Å². The van der Waals surface area contributed by atoms with Crippen molar-refractivity contribution in [1.82, 2.24) is 14.8 Å². The van der Waals surface area contributed by atoms with Crippen LogP contribution in [0.25, 0.3) is 0 Å². The number of anilines is 1. The second-order valence-corrected chi connectivity index (χ2v) is 4.28. The number of aryl methyl sites for hydroxylation is 1. The molecule has 0 atom stereocenters. The van der Waals surface area contributed by atoms with Crippen LogP contribution in [0, 0.1) is 6.92 Å². The van der Waals surface area contributed by atoms with E-state index in [0.717, 1.165) is 10.6 Å². The van der Waals surface area contributed by atoms with Crippen LogP contribution >= 0.6 is 11.3 Å². The van der Waals surface area contributed by atoms with Gasteiger partial charge in [-0.1, -0.05) is 0 Å². The monoisotopic (exact) mass is 222 g/mol. The van der Waals surface area contributed by atoms with Crippen molar-refractivity contribution < 1.29 is 0 Å². The lowest BCUT2D eigenvalue weighted by Gasteiger charge is -2.01. The van der Waals surface area contributed by atoms with Crippen molar-refractivity contribution in [1.29, 1.82) is 0 Å². The molecule has 0 aliphatic carbocycles. The smallest absolute Gasteiger partial charge is 0.267 e. The van der Waals surface area contributed by atoms with Gasteiger partial charge in [0, 0.05) is 17.1 Å². The van der Waals surface area contributed by atoms with Crippen molar-refractivity contribution in [3.8, 4) is 0 Å². The maximum atomic E-state index is 11.4. The predicted molar refractivity (Wildman–Crippen MR) is 58.9 cm³/mol. The van der Waals surface area contributed by atoms with Crippen LogP contribution in [-0.2, 0) is 6.54 Å². The summed E-state index contributed by atoms with van der Waals surface area (Å²) in [6.45, 7) is 2.27. The average molecular weight is 222 g/mol. The molecule has 2 N–H and O–H groups in total. The van der Waals surface area contributed by atoms with E-state index in [1.807, 2.05) is 6.92 Å². The molecule has 0 radical (unpaired) electrons. The van der Waals surface area contributed by atoms with E-state index in [1.54, 1.807) is 12.3 Å². The minimum atomic E-state index is -0.118. The molecule has 0 saturated heterocycles. The van der Waals surface area contributed by atoms with Crippen molar-refractivity contribution in [2.45, 2.75) is 13.5 Å². The molecule has 0 spiro atoms. The van der Waals surface area contributed by atoms with Gasteiger partial charge in [0.15, 0.2) is 5.13 Å². The summed E-state index contributed by atoms with van der Waals surface area (Å²) < 4.78 is 1.41. The number of nitrogens with zero attached hydrogens (tertiary/aromatic N) is 3. The second kappa shape index (κ2) is 3.82. The SMILES string of the molecule is Cc1ccc(=O)n(Cc2cnc(N)s2)n1. The Balaban J connectivity index is 2.31. The van der Waals surface area contributed by atoms with Gasteiger partial charge < -0.3 is 5.73 Å². The largest absolute Gasteiger partial charge is 0.375 e. The molecule has 2 aromatic heterocycles. The molecule has 0 fully saturated rings. The molecule has 0 unspecified atom stereocenters. The Hall–Kier alpha value is -1.69. The Bertz CT molecular complexity index is 531. The molecule has 0 amide bonds. The number of nitrogen functional groups attached to an aromatic ring is 1. The first kappa shape index (κ1) is 9.85. The van der Waals surface area contributed by atoms with Crippen LogP contribution in [0.2, 0.25) is 0 Å². The van der Waals surface area contributed by atoms with Crippen molar-refractivity contribution >= 4 is 16.5 Å². The van der Waals surface area contributed by atoms with Crippen molar-refractivity contribution in [2.75, 3.05) is 5.73 Å². The first-order valence-corrected chi connectivity index (χ1v) is 5.22. The molecule has 0 bridgehead atoms. The zero-order chi connectivity index (χ0) is 10.8. The van der Waals surface area contributed by atoms with E-state index in [9.17, 15) is 4.79 Å². The molecule has 0 aliphatic rings. The van der Waals surface area contributed by atoms with Gasteiger partial charge in [0.1, 0.15) is 0 Å². The third-order valence-electron chi connectivity index (χ3n) is 1.88. The first-order chi connectivity index (χ1) is 7.15. The molecule has 0 aromatic carbocycles. The quantitative estimate of drug-likeness (QED) is 0.809. The lowest BCUT2D eigenvalue weighted by atomic mass is 10.4. The van der Waals surface area contributed by atoms with E-state index in [0.29, 0.717) is 11.7 Å². The molecule has 2 aromatic rings. The normalized spacial score (nSPS) is 10.5. The van der Waals surface area contributed by atoms with E-state index in [-0.39, 0.29) is 5.56 Å². The van der Waals surface area contributed by atoms with Crippen molar-refractivity contribution in [3.63, 3.8) is 0 Å². The summed E-state index contributed by atoms with van der Waals surface area (Å²) in [5.41, 5.74) is 6.19. The van der Waals surface area contributed by atoms with Gasteiger partial charge in [-0.15, -0.1) is 11.3 Å². The van der Waals surface area contributed by atoms with Gasteiger partial charge in [0.2, 0.25) is 0 Å². The molecule has 0 aliphatic heterocycles. The molecule has 5 nitrogen and oxygen atoms in total. The third kappa shape index (κ3) is 2.21. The van der Waals surface area contributed by atoms with Crippen LogP contribution in [0.3, 0.4) is 0 Å². The Labute approximate surface area is 90.2 Å². The maximum Gasteiger partial charge on any atom is 0.267 e. The zero-order valence-corrected chi connectivity index (χ0v) is 8.99. The first-order valence-electron chi connectivity index (χ1n) is 4.40. The third-order valence-corrected chi connectivity index (χ3v) is 2.69. The van der Waals surface area contributed by atoms with Crippen LogP contribution in [0.1, 0.15) is 10.6 Å². The molecule has 6 heteroatoms. The molecule has 2 heterocycles. The summed E-state index contributed by atoms with van der Waals surface area (Å²) in [6.07, 6.45) is 1.66. The molecular formula is C9H10N4OS. The number of hydrogen-bond donors (Lipinski definition) is 1. The van der Waals surface area contributed by atoms with Gasteiger partial charge in [-0.25, -0.2) is 9.67 Å². The Morgan fingerprint density at radius 1 is 1.53 bits per heavy atom. The Morgan fingerprint density at radius 3 is 3.00 bits per heavy atom. The molecular weight excluding hydrogens is 212 g/mol. The summed E-state index contributed by atoms with van der Waals surface area (Å²) >= 11 is 1.36. The summed E-state index contributed by atoms with van der Waals surface area (Å²) in [5.74, 6) is 0.